The molecule has 0 radical (unpaired) electrons. The van der Waals surface area contributed by atoms with Crippen molar-refractivity contribution in [2.75, 3.05) is 13.2 Å². The molecule has 0 saturated heterocycles. The predicted octanol–water partition coefficient (Wildman–Crippen LogP) is 3.38. The van der Waals surface area contributed by atoms with E-state index in [0.717, 1.165) is 36.9 Å². The second-order valence-corrected chi connectivity index (χ2v) is 5.12. The van der Waals surface area contributed by atoms with E-state index in [4.69, 9.17) is 9.47 Å². The summed E-state index contributed by atoms with van der Waals surface area (Å²) in [5, 5.41) is 3.54. The Morgan fingerprint density at radius 1 is 1.16 bits per heavy atom. The standard InChI is InChI=1S/C16H25NO2/c1-3-5-16(12-17-13-6-7-13)19-15-10-8-14(9-11-15)18-4-2/h8-11,13,16-17H,3-7,12H2,1-2H3. The lowest BCUT2D eigenvalue weighted by Gasteiger charge is -2.19. The molecule has 0 spiro atoms. The average Bonchev–Trinajstić information content (AvgIpc) is 3.23. The minimum atomic E-state index is 0.267. The maximum Gasteiger partial charge on any atom is 0.120 e. The molecule has 0 bridgehead atoms. The second kappa shape index (κ2) is 7.39. The van der Waals surface area contributed by atoms with Crippen molar-refractivity contribution < 1.29 is 9.47 Å². The van der Waals surface area contributed by atoms with E-state index in [1.54, 1.807) is 0 Å². The predicted molar refractivity (Wildman–Crippen MR) is 78.0 cm³/mol. The van der Waals surface area contributed by atoms with Crippen LogP contribution >= 0.6 is 0 Å². The second-order valence-electron chi connectivity index (χ2n) is 5.12. The molecule has 0 amide bonds. The molecule has 106 valence electrons. The van der Waals surface area contributed by atoms with Gasteiger partial charge in [0.25, 0.3) is 0 Å². The Hall–Kier alpha value is -1.22. The summed E-state index contributed by atoms with van der Waals surface area (Å²) in [6, 6.07) is 8.66. The first-order valence-electron chi connectivity index (χ1n) is 7.44. The molecule has 1 N–H and O–H groups in total. The number of ether oxygens (including phenoxy) is 2. The third kappa shape index (κ3) is 5.11. The summed E-state index contributed by atoms with van der Waals surface area (Å²) in [5.41, 5.74) is 0. The molecule has 1 saturated carbocycles. The van der Waals surface area contributed by atoms with Crippen molar-refractivity contribution in [3.8, 4) is 11.5 Å². The third-order valence-electron chi connectivity index (χ3n) is 3.26. The Balaban J connectivity index is 1.83. The Morgan fingerprint density at radius 2 is 1.84 bits per heavy atom. The lowest BCUT2D eigenvalue weighted by Crippen LogP contribution is -2.32. The fraction of sp³-hybridized carbons (Fsp3) is 0.625. The zero-order chi connectivity index (χ0) is 13.5. The van der Waals surface area contributed by atoms with Crippen LogP contribution in [0, 0.1) is 0 Å². The van der Waals surface area contributed by atoms with E-state index in [2.05, 4.69) is 12.2 Å². The lowest BCUT2D eigenvalue weighted by molar-refractivity contribution is 0.185. The van der Waals surface area contributed by atoms with Crippen molar-refractivity contribution in [2.24, 2.45) is 0 Å². The van der Waals surface area contributed by atoms with Crippen molar-refractivity contribution in [3.63, 3.8) is 0 Å². The van der Waals surface area contributed by atoms with Gasteiger partial charge in [0.15, 0.2) is 0 Å². The average molecular weight is 263 g/mol. The molecule has 2 rings (SSSR count). The highest BCUT2D eigenvalue weighted by molar-refractivity contribution is 5.31. The van der Waals surface area contributed by atoms with Crippen molar-refractivity contribution >= 4 is 0 Å². The molecule has 1 aliphatic carbocycles. The van der Waals surface area contributed by atoms with Crippen LogP contribution in [0.1, 0.15) is 39.5 Å². The van der Waals surface area contributed by atoms with Crippen LogP contribution in [0.4, 0.5) is 0 Å². The van der Waals surface area contributed by atoms with Crippen LogP contribution in [0.2, 0.25) is 0 Å². The molecule has 1 aromatic rings. The van der Waals surface area contributed by atoms with Crippen LogP contribution in [-0.2, 0) is 0 Å². The molecular weight excluding hydrogens is 238 g/mol. The van der Waals surface area contributed by atoms with Gasteiger partial charge in [0.2, 0.25) is 0 Å². The van der Waals surface area contributed by atoms with E-state index in [1.807, 2.05) is 31.2 Å². The minimum Gasteiger partial charge on any atom is -0.494 e. The molecule has 1 unspecified atom stereocenters. The van der Waals surface area contributed by atoms with Gasteiger partial charge in [0.05, 0.1) is 6.61 Å². The van der Waals surface area contributed by atoms with E-state index in [9.17, 15) is 0 Å². The smallest absolute Gasteiger partial charge is 0.120 e. The van der Waals surface area contributed by atoms with Gasteiger partial charge in [-0.2, -0.15) is 0 Å². The Bertz CT molecular complexity index is 360. The zero-order valence-corrected chi connectivity index (χ0v) is 12.0. The van der Waals surface area contributed by atoms with E-state index in [0.29, 0.717) is 6.61 Å². The monoisotopic (exact) mass is 263 g/mol. The molecule has 1 aromatic carbocycles. The molecule has 1 fully saturated rings. The number of benzene rings is 1. The Labute approximate surface area is 116 Å². The summed E-state index contributed by atoms with van der Waals surface area (Å²) in [4.78, 5) is 0. The van der Waals surface area contributed by atoms with Gasteiger partial charge >= 0.3 is 0 Å². The van der Waals surface area contributed by atoms with Crippen molar-refractivity contribution in [1.29, 1.82) is 0 Å². The van der Waals surface area contributed by atoms with Gasteiger partial charge in [-0.25, -0.2) is 0 Å². The minimum absolute atomic E-state index is 0.267. The maximum absolute atomic E-state index is 6.05. The molecule has 19 heavy (non-hydrogen) atoms. The Kier molecular flexibility index (Phi) is 5.52. The number of hydrogen-bond acceptors (Lipinski definition) is 3. The summed E-state index contributed by atoms with van der Waals surface area (Å²) in [6.07, 6.45) is 5.15. The van der Waals surface area contributed by atoms with E-state index in [1.165, 1.54) is 12.8 Å². The molecular formula is C16H25NO2. The molecule has 1 aliphatic rings. The van der Waals surface area contributed by atoms with Gasteiger partial charge in [-0.15, -0.1) is 0 Å². The SMILES string of the molecule is CCCC(CNC1CC1)Oc1ccc(OCC)cc1. The summed E-state index contributed by atoms with van der Waals surface area (Å²) in [7, 11) is 0. The number of rotatable bonds is 9. The number of hydrogen-bond donors (Lipinski definition) is 1. The molecule has 3 nitrogen and oxygen atoms in total. The summed E-state index contributed by atoms with van der Waals surface area (Å²) in [5.74, 6) is 1.83. The van der Waals surface area contributed by atoms with Gasteiger partial charge in [0.1, 0.15) is 17.6 Å². The van der Waals surface area contributed by atoms with Gasteiger partial charge in [0, 0.05) is 12.6 Å². The normalized spacial score (nSPS) is 16.1. The Morgan fingerprint density at radius 3 is 2.42 bits per heavy atom. The van der Waals surface area contributed by atoms with Crippen molar-refractivity contribution in [3.05, 3.63) is 24.3 Å². The van der Waals surface area contributed by atoms with E-state index < -0.39 is 0 Å². The van der Waals surface area contributed by atoms with Gasteiger partial charge in [-0.3, -0.25) is 0 Å². The van der Waals surface area contributed by atoms with Crippen LogP contribution in [0.15, 0.2) is 24.3 Å². The van der Waals surface area contributed by atoms with Gasteiger partial charge < -0.3 is 14.8 Å². The first kappa shape index (κ1) is 14.2. The summed E-state index contributed by atoms with van der Waals surface area (Å²) >= 11 is 0. The highest BCUT2D eigenvalue weighted by Gasteiger charge is 2.22. The van der Waals surface area contributed by atoms with Crippen LogP contribution < -0.4 is 14.8 Å². The first-order chi connectivity index (χ1) is 9.31. The molecule has 1 atom stereocenters. The summed E-state index contributed by atoms with van der Waals surface area (Å²) < 4.78 is 11.5. The third-order valence-corrected chi connectivity index (χ3v) is 3.26. The van der Waals surface area contributed by atoms with Crippen LogP contribution in [-0.4, -0.2) is 25.3 Å². The first-order valence-corrected chi connectivity index (χ1v) is 7.44. The fourth-order valence-electron chi connectivity index (χ4n) is 2.08. The van der Waals surface area contributed by atoms with E-state index >= 15 is 0 Å². The zero-order valence-electron chi connectivity index (χ0n) is 12.0. The topological polar surface area (TPSA) is 30.5 Å². The maximum atomic E-state index is 6.05. The van der Waals surface area contributed by atoms with Crippen molar-refractivity contribution in [1.82, 2.24) is 5.32 Å². The van der Waals surface area contributed by atoms with Gasteiger partial charge in [-0.05, 0) is 50.5 Å². The largest absolute Gasteiger partial charge is 0.494 e. The van der Waals surface area contributed by atoms with E-state index in [-0.39, 0.29) is 6.10 Å². The molecule has 0 aliphatic heterocycles. The highest BCUT2D eigenvalue weighted by atomic mass is 16.5. The molecule has 0 heterocycles. The molecule has 0 aromatic heterocycles. The van der Waals surface area contributed by atoms with Gasteiger partial charge in [-0.1, -0.05) is 13.3 Å². The summed E-state index contributed by atoms with van der Waals surface area (Å²) in [6.45, 7) is 5.84. The fourth-order valence-corrected chi connectivity index (χ4v) is 2.08. The lowest BCUT2D eigenvalue weighted by atomic mass is 10.2. The van der Waals surface area contributed by atoms with Crippen molar-refractivity contribution in [2.45, 2.75) is 51.7 Å². The highest BCUT2D eigenvalue weighted by Crippen LogP contribution is 2.21. The van der Waals surface area contributed by atoms with Crippen LogP contribution in [0.3, 0.4) is 0 Å². The van der Waals surface area contributed by atoms with Crippen LogP contribution in [0.25, 0.3) is 0 Å². The van der Waals surface area contributed by atoms with Crippen LogP contribution in [0.5, 0.6) is 11.5 Å². The number of nitrogens with one attached hydrogen (secondary N) is 1. The molecule has 3 heteroatoms. The quantitative estimate of drug-likeness (QED) is 0.741.